The van der Waals surface area contributed by atoms with E-state index >= 15 is 0 Å². The monoisotopic (exact) mass is 255 g/mol. The fourth-order valence-electron chi connectivity index (χ4n) is 2.82. The Labute approximate surface area is 114 Å². The highest BCUT2D eigenvalue weighted by molar-refractivity contribution is 4.75. The number of hydrogen-bond acceptors (Lipinski definition) is 3. The highest BCUT2D eigenvalue weighted by Crippen LogP contribution is 2.15. The van der Waals surface area contributed by atoms with E-state index < -0.39 is 0 Å². The lowest BCUT2D eigenvalue weighted by Crippen LogP contribution is -2.28. The van der Waals surface area contributed by atoms with Gasteiger partial charge in [0.25, 0.3) is 0 Å². The molecule has 0 amide bonds. The largest absolute Gasteiger partial charge is 0.317 e. The van der Waals surface area contributed by atoms with E-state index in [1.165, 1.54) is 71.4 Å². The molecule has 0 saturated carbocycles. The molecule has 1 unspecified atom stereocenters. The summed E-state index contributed by atoms with van der Waals surface area (Å²) < 4.78 is 0. The number of nitrogens with one attached hydrogen (secondary N) is 1. The van der Waals surface area contributed by atoms with Gasteiger partial charge in [-0.15, -0.1) is 0 Å². The van der Waals surface area contributed by atoms with Gasteiger partial charge in [-0.25, -0.2) is 0 Å². The molecule has 0 radical (unpaired) electrons. The zero-order valence-corrected chi connectivity index (χ0v) is 12.7. The van der Waals surface area contributed by atoms with Crippen LogP contribution in [0.1, 0.15) is 39.0 Å². The van der Waals surface area contributed by atoms with E-state index in [0.29, 0.717) is 0 Å². The molecule has 0 aromatic rings. The van der Waals surface area contributed by atoms with Crippen molar-refractivity contribution >= 4 is 0 Å². The van der Waals surface area contributed by atoms with E-state index in [-0.39, 0.29) is 0 Å². The predicted octanol–water partition coefficient (Wildman–Crippen LogP) is 2.04. The maximum absolute atomic E-state index is 3.47. The van der Waals surface area contributed by atoms with Crippen LogP contribution in [-0.4, -0.2) is 63.2 Å². The maximum Gasteiger partial charge on any atom is 0.00193 e. The average molecular weight is 255 g/mol. The zero-order chi connectivity index (χ0) is 13.2. The fourth-order valence-corrected chi connectivity index (χ4v) is 2.82. The summed E-state index contributed by atoms with van der Waals surface area (Å²) in [6, 6.07) is 0. The van der Waals surface area contributed by atoms with E-state index in [9.17, 15) is 0 Å². The Balaban J connectivity index is 1.89. The molecule has 1 rings (SSSR count). The number of unbranched alkanes of at least 4 members (excludes halogenated alkanes) is 2. The molecule has 1 fully saturated rings. The van der Waals surface area contributed by atoms with Crippen LogP contribution in [0, 0.1) is 5.92 Å². The van der Waals surface area contributed by atoms with Gasteiger partial charge in [0.2, 0.25) is 0 Å². The average Bonchev–Trinajstić information content (AvgIpc) is 2.73. The van der Waals surface area contributed by atoms with Gasteiger partial charge in [-0.1, -0.05) is 13.3 Å². The molecule has 0 spiro atoms. The van der Waals surface area contributed by atoms with Crippen molar-refractivity contribution < 1.29 is 0 Å². The third-order valence-corrected chi connectivity index (χ3v) is 3.88. The normalized spacial score (nSPS) is 21.0. The van der Waals surface area contributed by atoms with Gasteiger partial charge in [0.05, 0.1) is 0 Å². The van der Waals surface area contributed by atoms with Crippen molar-refractivity contribution in [1.82, 2.24) is 15.1 Å². The van der Waals surface area contributed by atoms with Crippen molar-refractivity contribution in [2.24, 2.45) is 5.92 Å². The quantitative estimate of drug-likeness (QED) is 0.603. The Bertz CT molecular complexity index is 196. The number of hydrogen-bond donors (Lipinski definition) is 1. The molecule has 1 aliphatic rings. The van der Waals surface area contributed by atoms with Crippen molar-refractivity contribution in [1.29, 1.82) is 0 Å². The highest BCUT2D eigenvalue weighted by Gasteiger charge is 2.20. The van der Waals surface area contributed by atoms with Crippen LogP contribution in [0.4, 0.5) is 0 Å². The van der Waals surface area contributed by atoms with Crippen LogP contribution >= 0.6 is 0 Å². The van der Waals surface area contributed by atoms with Gasteiger partial charge in [0.15, 0.2) is 0 Å². The second-order valence-electron chi connectivity index (χ2n) is 5.99. The minimum atomic E-state index is 0.909. The minimum Gasteiger partial charge on any atom is -0.317 e. The Morgan fingerprint density at radius 3 is 2.72 bits per heavy atom. The molecule has 1 atom stereocenters. The van der Waals surface area contributed by atoms with E-state index in [4.69, 9.17) is 0 Å². The number of nitrogens with zero attached hydrogens (tertiary/aromatic N) is 2. The van der Waals surface area contributed by atoms with Crippen LogP contribution in [-0.2, 0) is 0 Å². The van der Waals surface area contributed by atoms with E-state index in [2.05, 4.69) is 36.1 Å². The molecule has 18 heavy (non-hydrogen) atoms. The second kappa shape index (κ2) is 9.76. The molecular weight excluding hydrogens is 222 g/mol. The predicted molar refractivity (Wildman–Crippen MR) is 80.1 cm³/mol. The third-order valence-electron chi connectivity index (χ3n) is 3.88. The summed E-state index contributed by atoms with van der Waals surface area (Å²) >= 11 is 0. The van der Waals surface area contributed by atoms with Crippen molar-refractivity contribution in [2.75, 3.05) is 53.4 Å². The summed E-state index contributed by atoms with van der Waals surface area (Å²) in [5, 5.41) is 3.47. The van der Waals surface area contributed by atoms with Crippen LogP contribution in [0.5, 0.6) is 0 Å². The molecule has 0 bridgehead atoms. The summed E-state index contributed by atoms with van der Waals surface area (Å²) in [5.41, 5.74) is 0. The summed E-state index contributed by atoms with van der Waals surface area (Å²) in [6.45, 7) is 9.75. The van der Waals surface area contributed by atoms with Crippen LogP contribution in [0.3, 0.4) is 0 Å². The third kappa shape index (κ3) is 7.34. The van der Waals surface area contributed by atoms with Gasteiger partial charge in [-0.2, -0.15) is 0 Å². The Morgan fingerprint density at radius 2 is 2.06 bits per heavy atom. The summed E-state index contributed by atoms with van der Waals surface area (Å²) in [7, 11) is 4.52. The standard InChI is InChI=1S/C15H33N3/c1-4-9-16-10-6-5-7-11-17(2)13-15-8-12-18(3)14-15/h15-16H,4-14H2,1-3H3. The Hall–Kier alpha value is -0.120. The molecule has 1 saturated heterocycles. The van der Waals surface area contributed by atoms with E-state index in [1.54, 1.807) is 0 Å². The first-order valence-electron chi connectivity index (χ1n) is 7.80. The summed E-state index contributed by atoms with van der Waals surface area (Å²) in [5.74, 6) is 0.909. The molecule has 1 heterocycles. The Morgan fingerprint density at radius 1 is 1.22 bits per heavy atom. The molecule has 0 aromatic heterocycles. The van der Waals surface area contributed by atoms with Gasteiger partial charge in [0, 0.05) is 13.1 Å². The van der Waals surface area contributed by atoms with Gasteiger partial charge < -0.3 is 15.1 Å². The Kier molecular flexibility index (Phi) is 8.64. The first-order chi connectivity index (χ1) is 8.72. The van der Waals surface area contributed by atoms with Crippen molar-refractivity contribution in [3.8, 4) is 0 Å². The summed E-state index contributed by atoms with van der Waals surface area (Å²) in [6.07, 6.45) is 6.69. The summed E-state index contributed by atoms with van der Waals surface area (Å²) in [4.78, 5) is 4.99. The van der Waals surface area contributed by atoms with Crippen LogP contribution in [0.25, 0.3) is 0 Å². The van der Waals surface area contributed by atoms with Crippen molar-refractivity contribution in [3.63, 3.8) is 0 Å². The van der Waals surface area contributed by atoms with Crippen LogP contribution in [0.2, 0.25) is 0 Å². The van der Waals surface area contributed by atoms with Gasteiger partial charge in [0.1, 0.15) is 0 Å². The van der Waals surface area contributed by atoms with Crippen molar-refractivity contribution in [3.05, 3.63) is 0 Å². The molecule has 0 aliphatic carbocycles. The van der Waals surface area contributed by atoms with E-state index in [1.807, 2.05) is 0 Å². The topological polar surface area (TPSA) is 18.5 Å². The lowest BCUT2D eigenvalue weighted by molar-refractivity contribution is 0.268. The smallest absolute Gasteiger partial charge is 0.00193 e. The molecule has 0 aromatic carbocycles. The van der Waals surface area contributed by atoms with Crippen LogP contribution in [0.15, 0.2) is 0 Å². The van der Waals surface area contributed by atoms with Gasteiger partial charge in [-0.3, -0.25) is 0 Å². The molecule has 3 heteroatoms. The zero-order valence-electron chi connectivity index (χ0n) is 12.7. The van der Waals surface area contributed by atoms with Crippen molar-refractivity contribution in [2.45, 2.75) is 39.0 Å². The fraction of sp³-hybridized carbons (Fsp3) is 1.00. The molecular formula is C15H33N3. The lowest BCUT2D eigenvalue weighted by atomic mass is 10.1. The number of rotatable bonds is 10. The number of likely N-dealkylation sites (tertiary alicyclic amines) is 1. The molecule has 1 aliphatic heterocycles. The minimum absolute atomic E-state index is 0.909. The molecule has 1 N–H and O–H groups in total. The SMILES string of the molecule is CCCNCCCCCN(C)CC1CCN(C)C1. The molecule has 3 nitrogen and oxygen atoms in total. The first kappa shape index (κ1) is 15.9. The van der Waals surface area contributed by atoms with Gasteiger partial charge >= 0.3 is 0 Å². The second-order valence-corrected chi connectivity index (χ2v) is 5.99. The van der Waals surface area contributed by atoms with Gasteiger partial charge in [-0.05, 0) is 71.9 Å². The first-order valence-corrected chi connectivity index (χ1v) is 7.80. The van der Waals surface area contributed by atoms with Crippen LogP contribution < -0.4 is 5.32 Å². The molecule has 108 valence electrons. The highest BCUT2D eigenvalue weighted by atomic mass is 15.1. The lowest BCUT2D eigenvalue weighted by Gasteiger charge is -2.20. The van der Waals surface area contributed by atoms with E-state index in [0.717, 1.165) is 5.92 Å². The maximum atomic E-state index is 3.47.